The second-order valence-corrected chi connectivity index (χ2v) is 5.52. The van der Waals surface area contributed by atoms with Gasteiger partial charge in [0.25, 0.3) is 0 Å². The molecule has 102 valence electrons. The number of hydrogen-bond acceptors (Lipinski definition) is 5. The minimum atomic E-state index is 0.0346. The van der Waals surface area contributed by atoms with Crippen molar-refractivity contribution in [2.45, 2.75) is 31.5 Å². The van der Waals surface area contributed by atoms with Crippen LogP contribution >= 0.6 is 11.3 Å². The summed E-state index contributed by atoms with van der Waals surface area (Å²) in [5.74, 6) is 0.996. The first-order chi connectivity index (χ1) is 9.34. The quantitative estimate of drug-likeness (QED) is 0.928. The van der Waals surface area contributed by atoms with E-state index in [4.69, 9.17) is 4.74 Å². The molecule has 1 saturated heterocycles. The van der Waals surface area contributed by atoms with E-state index in [0.29, 0.717) is 6.04 Å². The van der Waals surface area contributed by atoms with Crippen LogP contribution in [0.25, 0.3) is 0 Å². The molecular formula is C13H18N4OS. The molecule has 0 radical (unpaired) electrons. The average Bonchev–Trinajstić information content (AvgIpc) is 3.08. The van der Waals surface area contributed by atoms with Crippen LogP contribution in [0, 0.1) is 0 Å². The van der Waals surface area contributed by atoms with Crippen molar-refractivity contribution >= 4 is 11.3 Å². The van der Waals surface area contributed by atoms with Crippen molar-refractivity contribution in [1.82, 2.24) is 19.9 Å². The number of imidazole rings is 1. The van der Waals surface area contributed by atoms with E-state index in [9.17, 15) is 0 Å². The van der Waals surface area contributed by atoms with E-state index in [1.54, 1.807) is 11.3 Å². The van der Waals surface area contributed by atoms with Crippen LogP contribution in [0.1, 0.15) is 30.5 Å². The molecule has 19 heavy (non-hydrogen) atoms. The lowest BCUT2D eigenvalue weighted by atomic mass is 10.0. The Kier molecular flexibility index (Phi) is 3.91. The fourth-order valence-electron chi connectivity index (χ4n) is 2.46. The zero-order chi connectivity index (χ0) is 13.1. The van der Waals surface area contributed by atoms with E-state index in [2.05, 4.69) is 20.7 Å². The van der Waals surface area contributed by atoms with E-state index in [0.717, 1.165) is 37.5 Å². The number of rotatable bonds is 4. The first-order valence-electron chi connectivity index (χ1n) is 6.54. The molecule has 5 nitrogen and oxygen atoms in total. The van der Waals surface area contributed by atoms with Gasteiger partial charge in [0.15, 0.2) is 0 Å². The third-order valence-corrected chi connectivity index (χ3v) is 4.10. The molecule has 0 bridgehead atoms. The minimum Gasteiger partial charge on any atom is -0.369 e. The fraction of sp³-hybridized carbons (Fsp3) is 0.538. The van der Waals surface area contributed by atoms with Gasteiger partial charge in [0, 0.05) is 44.0 Å². The molecule has 0 spiro atoms. The van der Waals surface area contributed by atoms with Crippen LogP contribution < -0.4 is 5.32 Å². The first-order valence-corrected chi connectivity index (χ1v) is 7.48. The summed E-state index contributed by atoms with van der Waals surface area (Å²) in [6.45, 7) is 1.60. The van der Waals surface area contributed by atoms with Crippen molar-refractivity contribution in [3.8, 4) is 0 Å². The lowest BCUT2D eigenvalue weighted by Crippen LogP contribution is -2.40. The Morgan fingerprint density at radius 1 is 1.53 bits per heavy atom. The summed E-state index contributed by atoms with van der Waals surface area (Å²) in [6, 6.07) is 0.302. The van der Waals surface area contributed by atoms with Gasteiger partial charge >= 0.3 is 0 Å². The SMILES string of the molecule is Cn1ccnc1[C@H]1OCCC[C@@H]1NCc1cscn1. The van der Waals surface area contributed by atoms with Crippen molar-refractivity contribution in [2.24, 2.45) is 7.05 Å². The smallest absolute Gasteiger partial charge is 0.139 e. The summed E-state index contributed by atoms with van der Waals surface area (Å²) >= 11 is 1.63. The van der Waals surface area contributed by atoms with Gasteiger partial charge in [0.2, 0.25) is 0 Å². The molecule has 0 saturated carbocycles. The molecule has 1 fully saturated rings. The number of ether oxygens (including phenoxy) is 1. The van der Waals surface area contributed by atoms with Gasteiger partial charge in [-0.25, -0.2) is 9.97 Å². The normalized spacial score (nSPS) is 23.6. The number of nitrogens with one attached hydrogen (secondary N) is 1. The van der Waals surface area contributed by atoms with Crippen LogP contribution in [0.3, 0.4) is 0 Å². The maximum absolute atomic E-state index is 5.92. The van der Waals surface area contributed by atoms with Gasteiger partial charge in [-0.05, 0) is 12.8 Å². The van der Waals surface area contributed by atoms with Crippen LogP contribution in [0.4, 0.5) is 0 Å². The fourth-order valence-corrected chi connectivity index (χ4v) is 3.01. The molecular weight excluding hydrogens is 260 g/mol. The molecule has 2 atom stereocenters. The lowest BCUT2D eigenvalue weighted by molar-refractivity contribution is -0.0179. The Morgan fingerprint density at radius 2 is 2.47 bits per heavy atom. The Labute approximate surface area is 116 Å². The van der Waals surface area contributed by atoms with E-state index in [-0.39, 0.29) is 6.10 Å². The van der Waals surface area contributed by atoms with Crippen LogP contribution in [0.5, 0.6) is 0 Å². The van der Waals surface area contributed by atoms with Crippen LogP contribution in [-0.2, 0) is 18.3 Å². The van der Waals surface area contributed by atoms with Gasteiger partial charge in [0.05, 0.1) is 11.2 Å². The Morgan fingerprint density at radius 3 is 3.21 bits per heavy atom. The van der Waals surface area contributed by atoms with Gasteiger partial charge in [-0.15, -0.1) is 11.3 Å². The highest BCUT2D eigenvalue weighted by Gasteiger charge is 2.29. The Bertz CT molecular complexity index is 510. The molecule has 6 heteroatoms. The van der Waals surface area contributed by atoms with Gasteiger partial charge in [-0.3, -0.25) is 0 Å². The van der Waals surface area contributed by atoms with Crippen LogP contribution in [0.15, 0.2) is 23.3 Å². The number of hydrogen-bond donors (Lipinski definition) is 1. The lowest BCUT2D eigenvalue weighted by Gasteiger charge is -2.31. The molecule has 0 amide bonds. The minimum absolute atomic E-state index is 0.0346. The molecule has 1 aliphatic rings. The molecule has 1 N–H and O–H groups in total. The number of aromatic nitrogens is 3. The van der Waals surface area contributed by atoms with Crippen LogP contribution in [0.2, 0.25) is 0 Å². The molecule has 3 rings (SSSR count). The van der Waals surface area contributed by atoms with Gasteiger partial charge in [-0.2, -0.15) is 0 Å². The van der Waals surface area contributed by atoms with Crippen molar-refractivity contribution in [3.05, 3.63) is 34.8 Å². The second-order valence-electron chi connectivity index (χ2n) is 4.80. The number of thiazole rings is 1. The maximum atomic E-state index is 5.92. The largest absolute Gasteiger partial charge is 0.369 e. The average molecular weight is 278 g/mol. The third-order valence-electron chi connectivity index (χ3n) is 3.46. The third kappa shape index (κ3) is 2.86. The highest BCUT2D eigenvalue weighted by molar-refractivity contribution is 7.07. The second kappa shape index (κ2) is 5.81. The maximum Gasteiger partial charge on any atom is 0.139 e. The molecule has 3 heterocycles. The summed E-state index contributed by atoms with van der Waals surface area (Å²) in [4.78, 5) is 8.72. The van der Waals surface area contributed by atoms with Gasteiger partial charge in [0.1, 0.15) is 11.9 Å². The molecule has 2 aromatic rings. The zero-order valence-corrected chi connectivity index (χ0v) is 11.8. The van der Waals surface area contributed by atoms with Gasteiger partial charge < -0.3 is 14.6 Å². The van der Waals surface area contributed by atoms with Crippen molar-refractivity contribution < 1.29 is 4.74 Å². The summed E-state index contributed by atoms with van der Waals surface area (Å²) in [6.07, 6.45) is 6.03. The molecule has 1 aliphatic heterocycles. The predicted octanol–water partition coefficient (Wildman–Crippen LogP) is 1.89. The van der Waals surface area contributed by atoms with Crippen molar-refractivity contribution in [1.29, 1.82) is 0 Å². The molecule has 0 aliphatic carbocycles. The van der Waals surface area contributed by atoms with Crippen LogP contribution in [-0.4, -0.2) is 27.2 Å². The van der Waals surface area contributed by atoms with Gasteiger partial charge in [-0.1, -0.05) is 0 Å². The highest BCUT2D eigenvalue weighted by atomic mass is 32.1. The summed E-state index contributed by atoms with van der Waals surface area (Å²) in [5.41, 5.74) is 2.96. The Hall–Kier alpha value is -1.24. The zero-order valence-electron chi connectivity index (χ0n) is 11.0. The first kappa shape index (κ1) is 12.8. The van der Waals surface area contributed by atoms with E-state index < -0.39 is 0 Å². The highest BCUT2D eigenvalue weighted by Crippen LogP contribution is 2.27. The number of aryl methyl sites for hydroxylation is 1. The Balaban J connectivity index is 1.69. The van der Waals surface area contributed by atoms with E-state index in [1.165, 1.54) is 0 Å². The molecule has 2 aromatic heterocycles. The van der Waals surface area contributed by atoms with Crippen molar-refractivity contribution in [2.75, 3.05) is 6.61 Å². The molecule has 0 aromatic carbocycles. The molecule has 0 unspecified atom stereocenters. The summed E-state index contributed by atoms with van der Waals surface area (Å²) in [7, 11) is 2.01. The predicted molar refractivity (Wildman–Crippen MR) is 73.9 cm³/mol. The topological polar surface area (TPSA) is 52.0 Å². The van der Waals surface area contributed by atoms with Crippen molar-refractivity contribution in [3.63, 3.8) is 0 Å². The summed E-state index contributed by atoms with van der Waals surface area (Å²) < 4.78 is 7.96. The monoisotopic (exact) mass is 278 g/mol. The van der Waals surface area contributed by atoms with E-state index >= 15 is 0 Å². The summed E-state index contributed by atoms with van der Waals surface area (Å²) in [5, 5.41) is 5.63. The van der Waals surface area contributed by atoms with E-state index in [1.807, 2.05) is 29.5 Å². The standard InChI is InChI=1S/C13H18N4OS/c1-17-5-4-14-13(17)12-11(3-2-6-18-12)15-7-10-8-19-9-16-10/h4-5,8-9,11-12,15H,2-3,6-7H2,1H3/t11-,12-/m0/s1. The number of nitrogens with zero attached hydrogens (tertiary/aromatic N) is 3.